The number of benzene rings is 6. The first-order valence-corrected chi connectivity index (χ1v) is 25.7. The summed E-state index contributed by atoms with van der Waals surface area (Å²) in [6, 6.07) is 50.7. The van der Waals surface area contributed by atoms with Crippen molar-refractivity contribution in [2.45, 2.75) is 98.1 Å². The zero-order valence-electron chi connectivity index (χ0n) is 40.9. The number of carbonyl (C=O) groups is 2. The van der Waals surface area contributed by atoms with Gasteiger partial charge in [0.05, 0.1) is 57.4 Å². The minimum absolute atomic E-state index is 0.0478. The van der Waals surface area contributed by atoms with Crippen LogP contribution in [0, 0.1) is 5.41 Å². The number of fused-ring (bicyclic) bond motifs is 1. The van der Waals surface area contributed by atoms with Crippen molar-refractivity contribution < 1.29 is 52.2 Å². The summed E-state index contributed by atoms with van der Waals surface area (Å²) in [7, 11) is 0. The number of nitrogens with one attached hydrogen (secondary N) is 1. The van der Waals surface area contributed by atoms with Gasteiger partial charge in [-0.15, -0.1) is 0 Å². The normalized spacial score (nSPS) is 24.4. The fraction of sp³-hybridized carbons (Fsp3) is 0.316. The van der Waals surface area contributed by atoms with E-state index in [4.69, 9.17) is 82.8 Å². The molecule has 10 atom stereocenters. The van der Waals surface area contributed by atoms with E-state index in [2.05, 4.69) is 10.0 Å². The number of hydrogen-bond acceptors (Lipinski definition) is 13. The van der Waals surface area contributed by atoms with Gasteiger partial charge >= 0.3 is 0 Å². The van der Waals surface area contributed by atoms with Crippen LogP contribution in [0.3, 0.4) is 0 Å². The third kappa shape index (κ3) is 13.7. The van der Waals surface area contributed by atoms with E-state index in [0.29, 0.717) is 5.56 Å². The highest BCUT2D eigenvalue weighted by molar-refractivity contribution is 6.76. The van der Waals surface area contributed by atoms with E-state index >= 15 is 0 Å². The summed E-state index contributed by atoms with van der Waals surface area (Å²) in [6.07, 6.45) is -10.2. The summed E-state index contributed by atoms with van der Waals surface area (Å²) in [5.41, 5.74) is 14.8. The molecule has 1 N–H and O–H groups in total. The highest BCUT2D eigenvalue weighted by Crippen LogP contribution is 2.40. The van der Waals surface area contributed by atoms with Crippen LogP contribution in [0.1, 0.15) is 48.5 Å². The Bertz CT molecular complexity index is 2860. The lowest BCUT2D eigenvalue weighted by atomic mass is 9.93. The largest absolute Gasteiger partial charge is 0.446 e. The van der Waals surface area contributed by atoms with Crippen molar-refractivity contribution in [3.8, 4) is 0 Å². The Labute approximate surface area is 454 Å². The topological polar surface area (TPSA) is 193 Å². The van der Waals surface area contributed by atoms with Crippen LogP contribution in [0.25, 0.3) is 10.4 Å². The van der Waals surface area contributed by atoms with Crippen molar-refractivity contribution in [3.05, 3.63) is 225 Å². The molecule has 3 aliphatic rings. The van der Waals surface area contributed by atoms with E-state index in [0.717, 1.165) is 27.2 Å². The van der Waals surface area contributed by atoms with Gasteiger partial charge < -0.3 is 42.6 Å². The van der Waals surface area contributed by atoms with Crippen LogP contribution in [-0.2, 0) is 75.7 Å². The Morgan fingerprint density at radius 1 is 0.539 bits per heavy atom. The number of imide groups is 1. The minimum Gasteiger partial charge on any atom is -0.446 e. The van der Waals surface area contributed by atoms with Crippen molar-refractivity contribution >= 4 is 52.5 Å². The van der Waals surface area contributed by atoms with Gasteiger partial charge in [-0.1, -0.05) is 204 Å². The van der Waals surface area contributed by atoms with E-state index < -0.39 is 82.8 Å². The van der Waals surface area contributed by atoms with E-state index in [-0.39, 0.29) is 57.4 Å². The maximum Gasteiger partial charge on any atom is 0.265 e. The van der Waals surface area contributed by atoms with E-state index in [1.807, 2.05) is 152 Å². The van der Waals surface area contributed by atoms with Crippen LogP contribution in [0.2, 0.25) is 0 Å². The molecular weight excluding hydrogens is 1040 g/mol. The molecule has 0 aromatic heterocycles. The molecule has 6 aromatic carbocycles. The maximum absolute atomic E-state index is 14.7. The van der Waals surface area contributed by atoms with Gasteiger partial charge in [0, 0.05) is 4.91 Å². The van der Waals surface area contributed by atoms with Gasteiger partial charge in [0.1, 0.15) is 48.7 Å². The summed E-state index contributed by atoms with van der Waals surface area (Å²) in [5, 5.41) is 13.1. The minimum atomic E-state index is -2.41. The standard InChI is InChI=1S/C57H54Cl3N5O11/c58-57(59,60)56(61)76-55-47(65-52(66)42-28-16-17-29-43(42)53(65)67)51(72-34-41-26-14-5-15-27-41)49(45(74-55)36-69-31-38-20-8-2-9-21-38)75-54-46(63-64-62)50(71-33-40-24-12-4-13-25-40)48(70-32-39-22-10-3-11-23-39)44(73-54)35-68-30-37-18-6-1-7-19-37/h1-29,44-51,54-55,61H,30-36H2/t44-,45-,46-,47-,48-,49-,50-,51-,54+,55+/m1/s1. The first kappa shape index (κ1) is 54.6. The second-order valence-corrected chi connectivity index (χ2v) is 20.4. The molecular formula is C57H54Cl3N5O11. The number of azide groups is 1. The number of alkyl halides is 3. The molecule has 0 radical (unpaired) electrons. The molecule has 0 aliphatic carbocycles. The van der Waals surface area contributed by atoms with Crippen molar-refractivity contribution in [3.63, 3.8) is 0 Å². The zero-order valence-corrected chi connectivity index (χ0v) is 43.1. The second-order valence-electron chi connectivity index (χ2n) is 18.1. The summed E-state index contributed by atoms with van der Waals surface area (Å²) in [5.74, 6) is -2.29. The SMILES string of the molecule is [N-]=[N+]=N[C@H]1[C@H](O[C@H]2[C@H](OCc3ccccc3)[C@@H](N3C(=O)c4ccccc4C3=O)[C@H](OC(=N)C(Cl)(Cl)Cl)O[C@@H]2COCc2ccccc2)O[C@H](COCc2ccccc2)[C@@H](OCc2ccccc2)[C@@H]1OCc1ccccc1. The van der Waals surface area contributed by atoms with Crippen molar-refractivity contribution in [1.29, 1.82) is 5.41 Å². The Hall–Kier alpha value is -6.21. The predicted molar refractivity (Wildman–Crippen MR) is 282 cm³/mol. The molecule has 6 aromatic rings. The monoisotopic (exact) mass is 1090 g/mol. The van der Waals surface area contributed by atoms with Gasteiger partial charge in [-0.2, -0.15) is 0 Å². The van der Waals surface area contributed by atoms with Crippen LogP contribution in [0.15, 0.2) is 181 Å². The second kappa shape index (κ2) is 26.2. The van der Waals surface area contributed by atoms with Crippen LogP contribution in [-0.4, -0.2) is 101 Å². The summed E-state index contributed by atoms with van der Waals surface area (Å²) >= 11 is 18.8. The zero-order chi connectivity index (χ0) is 52.9. The highest BCUT2D eigenvalue weighted by Gasteiger charge is 2.59. The van der Waals surface area contributed by atoms with Crippen molar-refractivity contribution in [1.82, 2.24) is 4.90 Å². The molecule has 9 rings (SSSR count). The lowest BCUT2D eigenvalue weighted by Crippen LogP contribution is -2.69. The summed E-state index contributed by atoms with van der Waals surface area (Å²) in [4.78, 5) is 33.7. The van der Waals surface area contributed by atoms with E-state index in [9.17, 15) is 15.1 Å². The maximum atomic E-state index is 14.7. The number of amides is 2. The Balaban J connectivity index is 1.15. The average Bonchev–Trinajstić information content (AvgIpc) is 3.72. The van der Waals surface area contributed by atoms with Crippen LogP contribution < -0.4 is 0 Å². The van der Waals surface area contributed by atoms with Gasteiger partial charge in [0.25, 0.3) is 15.6 Å². The van der Waals surface area contributed by atoms with Gasteiger partial charge in [-0.05, 0) is 45.5 Å². The number of nitrogens with zero attached hydrogens (tertiary/aromatic N) is 4. The first-order valence-electron chi connectivity index (χ1n) is 24.6. The summed E-state index contributed by atoms with van der Waals surface area (Å²) < 4.78 is 57.9. The molecule has 16 nitrogen and oxygen atoms in total. The summed E-state index contributed by atoms with van der Waals surface area (Å²) in [6.45, 7) is 0.136. The van der Waals surface area contributed by atoms with Gasteiger partial charge in [-0.25, -0.2) is 0 Å². The van der Waals surface area contributed by atoms with Crippen LogP contribution in [0.5, 0.6) is 0 Å². The Morgan fingerprint density at radius 3 is 1.36 bits per heavy atom. The van der Waals surface area contributed by atoms with Crippen LogP contribution >= 0.6 is 34.8 Å². The molecule has 2 saturated heterocycles. The first-order chi connectivity index (χ1) is 37.1. The Kier molecular flexibility index (Phi) is 18.8. The number of halogens is 3. The van der Waals surface area contributed by atoms with Crippen molar-refractivity contribution in [2.24, 2.45) is 5.11 Å². The Morgan fingerprint density at radius 2 is 0.921 bits per heavy atom. The molecule has 76 heavy (non-hydrogen) atoms. The highest BCUT2D eigenvalue weighted by atomic mass is 35.6. The van der Waals surface area contributed by atoms with Gasteiger partial charge in [0.2, 0.25) is 12.2 Å². The number of carbonyl (C=O) groups excluding carboxylic acids is 2. The predicted octanol–water partition coefficient (Wildman–Crippen LogP) is 10.7. The third-order valence-electron chi connectivity index (χ3n) is 13.0. The fourth-order valence-electron chi connectivity index (χ4n) is 9.31. The molecule has 2 fully saturated rings. The van der Waals surface area contributed by atoms with Crippen molar-refractivity contribution in [2.75, 3.05) is 13.2 Å². The lowest BCUT2D eigenvalue weighted by molar-refractivity contribution is -0.340. The average molecular weight is 1090 g/mol. The molecule has 3 aliphatic heterocycles. The van der Waals surface area contributed by atoms with E-state index in [1.54, 1.807) is 12.1 Å². The molecule has 394 valence electrons. The number of ether oxygens (including phenoxy) is 9. The molecule has 19 heteroatoms. The molecule has 3 heterocycles. The molecule has 0 bridgehead atoms. The molecule has 0 saturated carbocycles. The molecule has 0 spiro atoms. The molecule has 0 unspecified atom stereocenters. The quantitative estimate of drug-likeness (QED) is 0.0129. The molecule has 2 amide bonds. The number of hydrogen-bond donors (Lipinski definition) is 1. The fourth-order valence-corrected chi connectivity index (χ4v) is 9.45. The third-order valence-corrected chi connectivity index (χ3v) is 13.5. The smallest absolute Gasteiger partial charge is 0.265 e. The lowest BCUT2D eigenvalue weighted by Gasteiger charge is -2.51. The van der Waals surface area contributed by atoms with Crippen LogP contribution in [0.4, 0.5) is 0 Å². The van der Waals surface area contributed by atoms with E-state index in [1.165, 1.54) is 12.1 Å². The number of rotatable bonds is 22. The van der Waals surface area contributed by atoms with Gasteiger partial charge in [0.15, 0.2) is 6.29 Å². The van der Waals surface area contributed by atoms with Gasteiger partial charge in [-0.3, -0.25) is 19.9 Å².